The Labute approximate surface area is 84.1 Å². The Hall–Kier alpha value is 0. The summed E-state index contributed by atoms with van der Waals surface area (Å²) in [5.74, 6) is 3.97. The van der Waals surface area contributed by atoms with Crippen LogP contribution in [-0.2, 0) is 0 Å². The molecule has 0 heterocycles. The van der Waals surface area contributed by atoms with Crippen molar-refractivity contribution in [3.05, 3.63) is 0 Å². The molecule has 1 aliphatic carbocycles. The van der Waals surface area contributed by atoms with Crippen LogP contribution >= 0.6 is 0 Å². The molecule has 0 aromatic rings. The predicted molar refractivity (Wildman–Crippen MR) is 59.7 cm³/mol. The zero-order chi connectivity index (χ0) is 9.84. The van der Waals surface area contributed by atoms with E-state index in [-0.39, 0.29) is 0 Å². The quantitative estimate of drug-likeness (QED) is 0.603. The fourth-order valence-corrected chi connectivity index (χ4v) is 3.33. The third kappa shape index (κ3) is 2.48. The summed E-state index contributed by atoms with van der Waals surface area (Å²) in [5, 5.41) is 0. The Morgan fingerprint density at radius 3 is 2.46 bits per heavy atom. The highest BCUT2D eigenvalue weighted by molar-refractivity contribution is 4.82. The van der Waals surface area contributed by atoms with Gasteiger partial charge in [-0.05, 0) is 23.7 Å². The summed E-state index contributed by atoms with van der Waals surface area (Å²) >= 11 is 0. The lowest BCUT2D eigenvalue weighted by Crippen LogP contribution is -2.31. The topological polar surface area (TPSA) is 0 Å². The first-order valence-electron chi connectivity index (χ1n) is 6.20. The van der Waals surface area contributed by atoms with Crippen molar-refractivity contribution in [2.45, 2.75) is 59.8 Å². The molecule has 1 rings (SSSR count). The van der Waals surface area contributed by atoms with Crippen LogP contribution in [0.1, 0.15) is 59.8 Å². The van der Waals surface area contributed by atoms with Gasteiger partial charge in [0, 0.05) is 0 Å². The van der Waals surface area contributed by atoms with E-state index in [4.69, 9.17) is 0 Å². The molecule has 0 bridgehead atoms. The van der Waals surface area contributed by atoms with Crippen molar-refractivity contribution in [2.24, 2.45) is 23.7 Å². The molecular weight excluding hydrogens is 156 g/mol. The minimum atomic E-state index is 0.945. The van der Waals surface area contributed by atoms with Gasteiger partial charge >= 0.3 is 0 Å². The largest absolute Gasteiger partial charge is 0.0651 e. The first-order valence-corrected chi connectivity index (χ1v) is 6.20. The first kappa shape index (κ1) is 11.1. The lowest BCUT2D eigenvalue weighted by Gasteiger charge is -2.40. The van der Waals surface area contributed by atoms with Crippen LogP contribution in [-0.4, -0.2) is 0 Å². The van der Waals surface area contributed by atoms with Gasteiger partial charge in [0.05, 0.1) is 0 Å². The van der Waals surface area contributed by atoms with Crippen molar-refractivity contribution in [2.75, 3.05) is 0 Å². The van der Waals surface area contributed by atoms with E-state index in [1.807, 2.05) is 0 Å². The molecule has 13 heavy (non-hydrogen) atoms. The Kier molecular flexibility index (Phi) is 4.28. The van der Waals surface area contributed by atoms with Gasteiger partial charge in [0.1, 0.15) is 0 Å². The van der Waals surface area contributed by atoms with Crippen LogP contribution in [0, 0.1) is 23.7 Å². The second-order valence-electron chi connectivity index (χ2n) is 5.04. The molecule has 78 valence electrons. The smallest absolute Gasteiger partial charge is 0.0334 e. The van der Waals surface area contributed by atoms with E-state index in [1.54, 1.807) is 0 Å². The molecule has 0 aliphatic heterocycles. The number of hydrogen-bond acceptors (Lipinski definition) is 0. The zero-order valence-corrected chi connectivity index (χ0v) is 9.84. The lowest BCUT2D eigenvalue weighted by molar-refractivity contribution is 0.103. The zero-order valence-electron chi connectivity index (χ0n) is 9.84. The van der Waals surface area contributed by atoms with Crippen LogP contribution in [0.4, 0.5) is 0 Å². The van der Waals surface area contributed by atoms with Crippen molar-refractivity contribution in [3.8, 4) is 0 Å². The van der Waals surface area contributed by atoms with Crippen molar-refractivity contribution in [1.82, 2.24) is 0 Å². The van der Waals surface area contributed by atoms with Gasteiger partial charge in [0.15, 0.2) is 0 Å². The summed E-state index contributed by atoms with van der Waals surface area (Å²) in [4.78, 5) is 0. The molecule has 1 saturated carbocycles. The van der Waals surface area contributed by atoms with Gasteiger partial charge in [0.2, 0.25) is 0 Å². The molecule has 0 aromatic heterocycles. The third-order valence-corrected chi connectivity index (χ3v) is 4.26. The average molecular weight is 182 g/mol. The molecule has 0 heteroatoms. The van der Waals surface area contributed by atoms with Gasteiger partial charge in [-0.2, -0.15) is 0 Å². The molecule has 1 aliphatic rings. The summed E-state index contributed by atoms with van der Waals surface area (Å²) in [5.41, 5.74) is 0. The van der Waals surface area contributed by atoms with E-state index < -0.39 is 0 Å². The van der Waals surface area contributed by atoms with Crippen LogP contribution in [0.2, 0.25) is 0 Å². The molecule has 4 unspecified atom stereocenters. The molecule has 0 radical (unpaired) electrons. The highest BCUT2D eigenvalue weighted by Gasteiger charge is 2.32. The second kappa shape index (κ2) is 5.02. The number of rotatable bonds is 3. The van der Waals surface area contributed by atoms with Crippen LogP contribution in [0.15, 0.2) is 0 Å². The molecule has 1 fully saturated rings. The molecular formula is C13H26. The molecule has 0 amide bonds. The summed E-state index contributed by atoms with van der Waals surface area (Å²) in [6.07, 6.45) is 7.22. The van der Waals surface area contributed by atoms with Crippen LogP contribution in [0.25, 0.3) is 0 Å². The number of hydrogen-bond donors (Lipinski definition) is 0. The highest BCUT2D eigenvalue weighted by Crippen LogP contribution is 2.41. The van der Waals surface area contributed by atoms with E-state index in [1.165, 1.54) is 32.1 Å². The fraction of sp³-hybridized carbons (Fsp3) is 1.00. The first-order chi connectivity index (χ1) is 6.20. The maximum atomic E-state index is 2.47. The molecule has 0 spiro atoms. The SMILES string of the molecule is CCC(C)C1C(C)CCCC1CC. The van der Waals surface area contributed by atoms with Crippen molar-refractivity contribution in [3.63, 3.8) is 0 Å². The van der Waals surface area contributed by atoms with Crippen molar-refractivity contribution >= 4 is 0 Å². The predicted octanol–water partition coefficient (Wildman–Crippen LogP) is 4.49. The molecule has 0 aromatic carbocycles. The molecule has 0 nitrogen and oxygen atoms in total. The van der Waals surface area contributed by atoms with Crippen LogP contribution < -0.4 is 0 Å². The standard InChI is InChI=1S/C13H26/c1-5-10(3)13-11(4)8-7-9-12(13)6-2/h10-13H,5-9H2,1-4H3. The Balaban J connectivity index is 2.61. The summed E-state index contributed by atoms with van der Waals surface area (Å²) < 4.78 is 0. The molecule has 4 atom stereocenters. The normalized spacial score (nSPS) is 37.4. The van der Waals surface area contributed by atoms with E-state index in [0.29, 0.717) is 0 Å². The van der Waals surface area contributed by atoms with E-state index in [9.17, 15) is 0 Å². The fourth-order valence-electron chi connectivity index (χ4n) is 3.33. The third-order valence-electron chi connectivity index (χ3n) is 4.26. The Morgan fingerprint density at radius 2 is 1.92 bits per heavy atom. The molecule has 0 N–H and O–H groups in total. The summed E-state index contributed by atoms with van der Waals surface area (Å²) in [6, 6.07) is 0. The van der Waals surface area contributed by atoms with Crippen LogP contribution in [0.3, 0.4) is 0 Å². The van der Waals surface area contributed by atoms with Crippen LogP contribution in [0.5, 0.6) is 0 Å². The second-order valence-corrected chi connectivity index (χ2v) is 5.04. The van der Waals surface area contributed by atoms with E-state index >= 15 is 0 Å². The van der Waals surface area contributed by atoms with Gasteiger partial charge in [-0.25, -0.2) is 0 Å². The summed E-state index contributed by atoms with van der Waals surface area (Å²) in [7, 11) is 0. The highest BCUT2D eigenvalue weighted by atomic mass is 14.4. The lowest BCUT2D eigenvalue weighted by atomic mass is 9.66. The average Bonchev–Trinajstić information content (AvgIpc) is 2.16. The van der Waals surface area contributed by atoms with Gasteiger partial charge in [-0.1, -0.05) is 59.8 Å². The minimum absolute atomic E-state index is 0.945. The van der Waals surface area contributed by atoms with Gasteiger partial charge < -0.3 is 0 Å². The van der Waals surface area contributed by atoms with Gasteiger partial charge in [-0.3, -0.25) is 0 Å². The monoisotopic (exact) mass is 182 g/mol. The Bertz CT molecular complexity index is 135. The summed E-state index contributed by atoms with van der Waals surface area (Å²) in [6.45, 7) is 9.64. The van der Waals surface area contributed by atoms with E-state index in [0.717, 1.165) is 23.7 Å². The van der Waals surface area contributed by atoms with E-state index in [2.05, 4.69) is 27.7 Å². The molecule has 0 saturated heterocycles. The van der Waals surface area contributed by atoms with Crippen molar-refractivity contribution < 1.29 is 0 Å². The maximum absolute atomic E-state index is 2.47. The van der Waals surface area contributed by atoms with Gasteiger partial charge in [0.25, 0.3) is 0 Å². The van der Waals surface area contributed by atoms with Gasteiger partial charge in [-0.15, -0.1) is 0 Å². The maximum Gasteiger partial charge on any atom is -0.0334 e. The minimum Gasteiger partial charge on any atom is -0.0651 e. The Morgan fingerprint density at radius 1 is 1.23 bits per heavy atom. The van der Waals surface area contributed by atoms with Crippen molar-refractivity contribution in [1.29, 1.82) is 0 Å².